The minimum absolute atomic E-state index is 0.0556. The van der Waals surface area contributed by atoms with E-state index in [1.807, 2.05) is 13.8 Å². The molecule has 1 unspecified atom stereocenters. The van der Waals surface area contributed by atoms with Crippen LogP contribution in [0.15, 0.2) is 5.16 Å². The number of aliphatic hydroxyl groups is 1. The molecule has 1 aromatic heterocycles. The number of carboxylic acids is 1. The average molecular weight is 245 g/mol. The summed E-state index contributed by atoms with van der Waals surface area (Å²) in [6.07, 6.45) is 0.867. The van der Waals surface area contributed by atoms with Gasteiger partial charge in [0, 0.05) is 6.04 Å². The molecule has 0 amide bonds. The lowest BCUT2D eigenvalue weighted by atomic mass is 10.2. The van der Waals surface area contributed by atoms with Gasteiger partial charge >= 0.3 is 5.97 Å². The number of nitrogens with zero attached hydrogens (tertiary/aromatic N) is 3. The maximum atomic E-state index is 10.5. The van der Waals surface area contributed by atoms with Gasteiger partial charge in [-0.1, -0.05) is 18.7 Å². The Bertz CT molecular complexity index is 367. The van der Waals surface area contributed by atoms with Crippen LogP contribution in [0.5, 0.6) is 0 Å². The minimum Gasteiger partial charge on any atom is -0.481 e. The van der Waals surface area contributed by atoms with Crippen LogP contribution in [0.3, 0.4) is 0 Å². The molecule has 16 heavy (non-hydrogen) atoms. The summed E-state index contributed by atoms with van der Waals surface area (Å²) in [7, 11) is 0. The summed E-state index contributed by atoms with van der Waals surface area (Å²) in [5.74, 6) is -0.475. The summed E-state index contributed by atoms with van der Waals surface area (Å²) in [5, 5.41) is 26.0. The lowest BCUT2D eigenvalue weighted by molar-refractivity contribution is -0.133. The largest absolute Gasteiger partial charge is 0.481 e. The third-order valence-corrected chi connectivity index (χ3v) is 3.16. The normalized spacial score (nSPS) is 12.7. The predicted molar refractivity (Wildman–Crippen MR) is 59.3 cm³/mol. The third kappa shape index (κ3) is 2.96. The van der Waals surface area contributed by atoms with Crippen molar-refractivity contribution in [2.75, 3.05) is 5.75 Å². The van der Waals surface area contributed by atoms with E-state index in [0.717, 1.165) is 18.2 Å². The van der Waals surface area contributed by atoms with E-state index in [0.29, 0.717) is 11.0 Å². The van der Waals surface area contributed by atoms with Crippen LogP contribution in [0, 0.1) is 0 Å². The Kier molecular flexibility index (Phi) is 4.75. The Hall–Kier alpha value is -1.08. The molecular formula is C9H15N3O3S. The van der Waals surface area contributed by atoms with Crippen molar-refractivity contribution in [2.45, 2.75) is 38.1 Å². The van der Waals surface area contributed by atoms with Gasteiger partial charge in [0.1, 0.15) is 6.61 Å². The number of rotatable bonds is 6. The standard InChI is InChI=1S/C9H15N3O3S/c1-3-6(2)12-7(4-13)10-11-9(12)16-5-8(14)15/h6,13H,3-5H2,1-2H3,(H,14,15). The molecule has 0 fully saturated rings. The second-order valence-corrected chi connectivity index (χ2v) is 4.31. The Balaban J connectivity index is 2.90. The smallest absolute Gasteiger partial charge is 0.313 e. The summed E-state index contributed by atoms with van der Waals surface area (Å²) in [5.41, 5.74) is 0. The molecule has 0 bridgehead atoms. The molecule has 0 saturated heterocycles. The zero-order valence-corrected chi connectivity index (χ0v) is 10.1. The summed E-state index contributed by atoms with van der Waals surface area (Å²) >= 11 is 1.11. The maximum Gasteiger partial charge on any atom is 0.313 e. The zero-order chi connectivity index (χ0) is 12.1. The van der Waals surface area contributed by atoms with Crippen LogP contribution in [0.2, 0.25) is 0 Å². The highest BCUT2D eigenvalue weighted by molar-refractivity contribution is 7.99. The Morgan fingerprint density at radius 1 is 1.56 bits per heavy atom. The van der Waals surface area contributed by atoms with Crippen LogP contribution in [-0.2, 0) is 11.4 Å². The fourth-order valence-corrected chi connectivity index (χ4v) is 2.04. The Labute approximate surface area is 97.7 Å². The van der Waals surface area contributed by atoms with Gasteiger partial charge in [0.15, 0.2) is 11.0 Å². The first kappa shape index (κ1) is 13.0. The van der Waals surface area contributed by atoms with Crippen molar-refractivity contribution < 1.29 is 15.0 Å². The number of thioether (sulfide) groups is 1. The molecule has 1 rings (SSSR count). The van der Waals surface area contributed by atoms with Crippen molar-refractivity contribution in [3.05, 3.63) is 5.82 Å². The van der Waals surface area contributed by atoms with Gasteiger partial charge in [-0.05, 0) is 13.3 Å². The molecule has 1 heterocycles. The average Bonchev–Trinajstić information content (AvgIpc) is 2.68. The van der Waals surface area contributed by atoms with Crippen molar-refractivity contribution in [3.63, 3.8) is 0 Å². The van der Waals surface area contributed by atoms with E-state index in [-0.39, 0.29) is 18.4 Å². The highest BCUT2D eigenvalue weighted by Gasteiger charge is 2.16. The van der Waals surface area contributed by atoms with E-state index in [9.17, 15) is 4.79 Å². The molecule has 0 aliphatic carbocycles. The van der Waals surface area contributed by atoms with Crippen molar-refractivity contribution in [1.29, 1.82) is 0 Å². The second kappa shape index (κ2) is 5.86. The van der Waals surface area contributed by atoms with E-state index in [1.165, 1.54) is 0 Å². The molecule has 0 saturated carbocycles. The predicted octanol–water partition coefficient (Wildman–Crippen LogP) is 0.918. The molecular weight excluding hydrogens is 230 g/mol. The lowest BCUT2D eigenvalue weighted by Gasteiger charge is -2.14. The summed E-state index contributed by atoms with van der Waals surface area (Å²) in [6.45, 7) is 3.80. The van der Waals surface area contributed by atoms with Crippen molar-refractivity contribution in [1.82, 2.24) is 14.8 Å². The first-order valence-electron chi connectivity index (χ1n) is 4.99. The van der Waals surface area contributed by atoms with Crippen molar-refractivity contribution in [3.8, 4) is 0 Å². The monoisotopic (exact) mass is 245 g/mol. The second-order valence-electron chi connectivity index (χ2n) is 3.37. The van der Waals surface area contributed by atoms with Gasteiger partial charge in [-0.15, -0.1) is 10.2 Å². The molecule has 2 N–H and O–H groups in total. The highest BCUT2D eigenvalue weighted by Crippen LogP contribution is 2.23. The van der Waals surface area contributed by atoms with E-state index in [4.69, 9.17) is 10.2 Å². The van der Waals surface area contributed by atoms with E-state index < -0.39 is 5.97 Å². The Morgan fingerprint density at radius 3 is 2.75 bits per heavy atom. The van der Waals surface area contributed by atoms with Gasteiger partial charge in [0.25, 0.3) is 0 Å². The number of carboxylic acid groups (broad SMARTS) is 1. The first-order chi connectivity index (χ1) is 7.60. The topological polar surface area (TPSA) is 88.2 Å². The molecule has 0 aliphatic heterocycles. The Morgan fingerprint density at radius 2 is 2.25 bits per heavy atom. The fraction of sp³-hybridized carbons (Fsp3) is 0.667. The third-order valence-electron chi connectivity index (χ3n) is 2.23. The van der Waals surface area contributed by atoms with Crippen LogP contribution >= 0.6 is 11.8 Å². The molecule has 0 radical (unpaired) electrons. The molecule has 6 nitrogen and oxygen atoms in total. The van der Waals surface area contributed by atoms with Crippen molar-refractivity contribution in [2.24, 2.45) is 0 Å². The maximum absolute atomic E-state index is 10.5. The molecule has 1 atom stereocenters. The van der Waals surface area contributed by atoms with Gasteiger partial charge < -0.3 is 14.8 Å². The first-order valence-corrected chi connectivity index (χ1v) is 5.97. The number of aliphatic carboxylic acids is 1. The quantitative estimate of drug-likeness (QED) is 0.724. The zero-order valence-electron chi connectivity index (χ0n) is 9.25. The van der Waals surface area contributed by atoms with Gasteiger partial charge in [0.2, 0.25) is 0 Å². The summed E-state index contributed by atoms with van der Waals surface area (Å²) < 4.78 is 1.79. The number of hydrogen-bond donors (Lipinski definition) is 2. The summed E-state index contributed by atoms with van der Waals surface area (Å²) in [4.78, 5) is 10.5. The van der Waals surface area contributed by atoms with Crippen LogP contribution in [0.1, 0.15) is 32.1 Å². The minimum atomic E-state index is -0.894. The molecule has 0 aromatic carbocycles. The van der Waals surface area contributed by atoms with Crippen LogP contribution in [-0.4, -0.2) is 36.7 Å². The molecule has 0 aliphatic rings. The van der Waals surface area contributed by atoms with Gasteiger partial charge in [-0.2, -0.15) is 0 Å². The van der Waals surface area contributed by atoms with Crippen LogP contribution < -0.4 is 0 Å². The number of aromatic nitrogens is 3. The number of aliphatic hydroxyl groups excluding tert-OH is 1. The van der Waals surface area contributed by atoms with Gasteiger partial charge in [-0.25, -0.2) is 0 Å². The molecule has 1 aromatic rings. The molecule has 7 heteroatoms. The lowest BCUT2D eigenvalue weighted by Crippen LogP contribution is -2.11. The molecule has 90 valence electrons. The SMILES string of the molecule is CCC(C)n1c(CO)nnc1SCC(=O)O. The number of carbonyl (C=O) groups is 1. The van der Waals surface area contributed by atoms with Gasteiger partial charge in [-0.3, -0.25) is 4.79 Å². The van der Waals surface area contributed by atoms with Crippen LogP contribution in [0.4, 0.5) is 0 Å². The molecule has 0 spiro atoms. The van der Waals surface area contributed by atoms with E-state index in [2.05, 4.69) is 10.2 Å². The van der Waals surface area contributed by atoms with E-state index >= 15 is 0 Å². The van der Waals surface area contributed by atoms with E-state index in [1.54, 1.807) is 4.57 Å². The summed E-state index contributed by atoms with van der Waals surface area (Å²) in [6, 6.07) is 0.147. The number of hydrogen-bond acceptors (Lipinski definition) is 5. The van der Waals surface area contributed by atoms with Crippen molar-refractivity contribution >= 4 is 17.7 Å². The fourth-order valence-electron chi connectivity index (χ4n) is 1.27. The van der Waals surface area contributed by atoms with Crippen LogP contribution in [0.25, 0.3) is 0 Å². The highest BCUT2D eigenvalue weighted by atomic mass is 32.2. The van der Waals surface area contributed by atoms with Gasteiger partial charge in [0.05, 0.1) is 5.75 Å².